The number of carbonyl (C=O) groups is 3. The second-order valence-electron chi connectivity index (χ2n) is 8.76. The molecular weight excluding hydrogens is 356 g/mol. The second kappa shape index (κ2) is 17.7. The zero-order valence-electron chi connectivity index (χ0n) is 19.3. The Morgan fingerprint density at radius 3 is 1.96 bits per heavy atom. The lowest BCUT2D eigenvalue weighted by molar-refractivity contribution is -0.122. The number of amides is 2. The van der Waals surface area contributed by atoms with Gasteiger partial charge in [0.1, 0.15) is 6.10 Å². The zero-order chi connectivity index (χ0) is 22.1. The Labute approximate surface area is 172 Å². The summed E-state index contributed by atoms with van der Waals surface area (Å²) in [5.41, 5.74) is 0. The van der Waals surface area contributed by atoms with Crippen molar-refractivity contribution in [1.82, 2.24) is 10.6 Å². The summed E-state index contributed by atoms with van der Waals surface area (Å²) in [6.07, 6.45) is 4.37. The molecule has 0 aromatic heterocycles. The molecule has 2 atom stereocenters. The van der Waals surface area contributed by atoms with Crippen molar-refractivity contribution in [2.75, 3.05) is 13.2 Å². The van der Waals surface area contributed by atoms with E-state index in [2.05, 4.69) is 70.8 Å². The van der Waals surface area contributed by atoms with Crippen LogP contribution >= 0.6 is 0 Å². The molecule has 2 N–H and O–H groups in total. The molecule has 1 saturated heterocycles. The summed E-state index contributed by atoms with van der Waals surface area (Å²) in [7, 11) is 0. The van der Waals surface area contributed by atoms with Crippen molar-refractivity contribution >= 4 is 18.1 Å². The van der Waals surface area contributed by atoms with Gasteiger partial charge in [0.15, 0.2) is 5.78 Å². The van der Waals surface area contributed by atoms with Gasteiger partial charge in [0, 0.05) is 12.5 Å². The van der Waals surface area contributed by atoms with Crippen molar-refractivity contribution < 1.29 is 19.1 Å². The number of hydrogen-bond acceptors (Lipinski definition) is 4. The smallest absolute Gasteiger partial charge is 0.220 e. The molecule has 0 aromatic carbocycles. The zero-order valence-corrected chi connectivity index (χ0v) is 19.3. The molecule has 0 spiro atoms. The number of hydrogen-bond donors (Lipinski definition) is 2. The standard InChI is InChI=1S/C13H27NO.C5H7NO3.C4H10/c1-10(2)8-6-7-9-13(15)14-12(5)11(3)4;7-3-6-1-4(8)5-2-9-5;1-4(2)3/h10-12H,6-9H2,1-5H3,(H,14,15);3,5H,1-2H2,(H,6,7);4H,1-3H3. The number of ether oxygens (including phenoxy) is 1. The van der Waals surface area contributed by atoms with Gasteiger partial charge >= 0.3 is 0 Å². The van der Waals surface area contributed by atoms with E-state index in [1.165, 1.54) is 12.8 Å². The molecule has 2 amide bonds. The lowest BCUT2D eigenvalue weighted by atomic mass is 10.0. The molecule has 0 bridgehead atoms. The number of ketones is 1. The summed E-state index contributed by atoms with van der Waals surface area (Å²) in [5.74, 6) is 2.26. The Balaban J connectivity index is 0. The van der Waals surface area contributed by atoms with Crippen LogP contribution < -0.4 is 10.6 Å². The minimum atomic E-state index is -0.238. The fraction of sp³-hybridized carbons (Fsp3) is 0.864. The molecule has 0 radical (unpaired) electrons. The van der Waals surface area contributed by atoms with Crippen LogP contribution in [0.5, 0.6) is 0 Å². The Kier molecular flexibility index (Phi) is 18.1. The van der Waals surface area contributed by atoms with E-state index in [1.54, 1.807) is 0 Å². The van der Waals surface area contributed by atoms with E-state index in [1.807, 2.05) is 0 Å². The van der Waals surface area contributed by atoms with E-state index in [0.29, 0.717) is 31.4 Å². The molecule has 1 heterocycles. The predicted molar refractivity (Wildman–Crippen MR) is 115 cm³/mol. The summed E-state index contributed by atoms with van der Waals surface area (Å²) in [6, 6.07) is 0.294. The van der Waals surface area contributed by atoms with Gasteiger partial charge in [-0.25, -0.2) is 0 Å². The van der Waals surface area contributed by atoms with Crippen LogP contribution in [0.15, 0.2) is 0 Å². The Morgan fingerprint density at radius 1 is 1.04 bits per heavy atom. The van der Waals surface area contributed by atoms with Crippen LogP contribution in [0.3, 0.4) is 0 Å². The molecule has 6 heteroatoms. The highest BCUT2D eigenvalue weighted by molar-refractivity contribution is 5.88. The Morgan fingerprint density at radius 2 is 1.57 bits per heavy atom. The first-order valence-electron chi connectivity index (χ1n) is 10.6. The Bertz CT molecular complexity index is 416. The minimum Gasteiger partial charge on any atom is -0.365 e. The number of epoxide rings is 1. The van der Waals surface area contributed by atoms with Crippen LogP contribution in [-0.2, 0) is 19.1 Å². The highest BCUT2D eigenvalue weighted by atomic mass is 16.6. The SMILES string of the molecule is CC(C)C.CC(C)CCCCC(=O)NC(C)C(C)C.O=CNCC(=O)C1CO1. The maximum atomic E-state index is 11.5. The molecule has 28 heavy (non-hydrogen) atoms. The van der Waals surface area contributed by atoms with Crippen LogP contribution in [-0.4, -0.2) is 43.4 Å². The van der Waals surface area contributed by atoms with Gasteiger partial charge in [-0.15, -0.1) is 0 Å². The number of carbonyl (C=O) groups excluding carboxylic acids is 3. The fourth-order valence-corrected chi connectivity index (χ4v) is 1.82. The van der Waals surface area contributed by atoms with Crippen LogP contribution in [0.4, 0.5) is 0 Å². The predicted octanol–water partition coefficient (Wildman–Crippen LogP) is 3.73. The van der Waals surface area contributed by atoms with E-state index >= 15 is 0 Å². The summed E-state index contributed by atoms with van der Waals surface area (Å²) in [5, 5.41) is 5.29. The lowest BCUT2D eigenvalue weighted by Gasteiger charge is -2.17. The number of rotatable bonds is 11. The normalized spacial score (nSPS) is 15.8. The highest BCUT2D eigenvalue weighted by Crippen LogP contribution is 2.09. The van der Waals surface area contributed by atoms with Gasteiger partial charge in [-0.2, -0.15) is 0 Å². The van der Waals surface area contributed by atoms with E-state index in [9.17, 15) is 14.4 Å². The van der Waals surface area contributed by atoms with Gasteiger partial charge in [-0.05, 0) is 31.1 Å². The third-order valence-electron chi connectivity index (χ3n) is 3.88. The summed E-state index contributed by atoms with van der Waals surface area (Å²) in [6.45, 7) is 17.9. The van der Waals surface area contributed by atoms with Crippen molar-refractivity contribution in [3.63, 3.8) is 0 Å². The van der Waals surface area contributed by atoms with Crippen LogP contribution in [0, 0.1) is 17.8 Å². The van der Waals surface area contributed by atoms with Crippen molar-refractivity contribution in [2.24, 2.45) is 17.8 Å². The molecule has 1 fully saturated rings. The molecule has 166 valence electrons. The third-order valence-corrected chi connectivity index (χ3v) is 3.88. The Hall–Kier alpha value is -1.43. The molecule has 0 aliphatic carbocycles. The third kappa shape index (κ3) is 22.6. The van der Waals surface area contributed by atoms with Gasteiger partial charge in [-0.3, -0.25) is 14.4 Å². The molecule has 2 unspecified atom stereocenters. The van der Waals surface area contributed by atoms with E-state index in [-0.39, 0.29) is 24.3 Å². The average Bonchev–Trinajstić information content (AvgIpc) is 3.41. The summed E-state index contributed by atoms with van der Waals surface area (Å²) >= 11 is 0. The average molecular weight is 401 g/mol. The van der Waals surface area contributed by atoms with E-state index < -0.39 is 0 Å². The largest absolute Gasteiger partial charge is 0.365 e. The highest BCUT2D eigenvalue weighted by Gasteiger charge is 2.30. The monoisotopic (exact) mass is 400 g/mol. The van der Waals surface area contributed by atoms with Gasteiger partial charge in [0.2, 0.25) is 12.3 Å². The molecular formula is C22H44N2O4. The first kappa shape index (κ1) is 28.8. The van der Waals surface area contributed by atoms with Crippen LogP contribution in [0.25, 0.3) is 0 Å². The molecule has 1 aliphatic heterocycles. The molecule has 0 aromatic rings. The lowest BCUT2D eigenvalue weighted by Crippen LogP contribution is -2.35. The number of unbranched alkanes of at least 4 members (excludes halogenated alkanes) is 1. The van der Waals surface area contributed by atoms with Gasteiger partial charge < -0.3 is 15.4 Å². The van der Waals surface area contributed by atoms with Crippen molar-refractivity contribution in [2.45, 2.75) is 93.2 Å². The second-order valence-corrected chi connectivity index (χ2v) is 8.76. The van der Waals surface area contributed by atoms with Crippen molar-refractivity contribution in [3.8, 4) is 0 Å². The molecule has 0 saturated carbocycles. The molecule has 1 rings (SSSR count). The minimum absolute atomic E-state index is 0.0536. The summed E-state index contributed by atoms with van der Waals surface area (Å²) < 4.78 is 4.66. The molecule has 1 aliphatic rings. The van der Waals surface area contributed by atoms with Crippen molar-refractivity contribution in [3.05, 3.63) is 0 Å². The first-order chi connectivity index (χ1) is 13.0. The number of Topliss-reactive ketones (excluding diaryl/α,β-unsaturated/α-hetero) is 1. The maximum absolute atomic E-state index is 11.5. The van der Waals surface area contributed by atoms with Gasteiger partial charge in [0.05, 0.1) is 13.2 Å². The fourth-order valence-electron chi connectivity index (χ4n) is 1.82. The van der Waals surface area contributed by atoms with Crippen molar-refractivity contribution in [1.29, 1.82) is 0 Å². The summed E-state index contributed by atoms with van der Waals surface area (Å²) in [4.78, 5) is 31.8. The van der Waals surface area contributed by atoms with Gasteiger partial charge in [-0.1, -0.05) is 61.3 Å². The molecule has 6 nitrogen and oxygen atoms in total. The first-order valence-corrected chi connectivity index (χ1v) is 10.6. The quantitative estimate of drug-likeness (QED) is 0.314. The van der Waals surface area contributed by atoms with Crippen LogP contribution in [0.2, 0.25) is 0 Å². The van der Waals surface area contributed by atoms with Crippen LogP contribution in [0.1, 0.15) is 81.1 Å². The van der Waals surface area contributed by atoms with Gasteiger partial charge in [0.25, 0.3) is 0 Å². The topological polar surface area (TPSA) is 87.8 Å². The maximum Gasteiger partial charge on any atom is 0.220 e. The number of nitrogens with one attached hydrogen (secondary N) is 2. The van der Waals surface area contributed by atoms with E-state index in [0.717, 1.165) is 18.3 Å². The van der Waals surface area contributed by atoms with E-state index in [4.69, 9.17) is 0 Å².